The van der Waals surface area contributed by atoms with Crippen molar-refractivity contribution < 1.29 is 8.42 Å². The van der Waals surface area contributed by atoms with Crippen LogP contribution < -0.4 is 0 Å². The fraction of sp³-hybridized carbons (Fsp3) is 0.526. The Bertz CT molecular complexity index is 895. The van der Waals surface area contributed by atoms with E-state index in [1.165, 1.54) is 0 Å². The lowest BCUT2D eigenvalue weighted by Crippen LogP contribution is -2.34. The van der Waals surface area contributed by atoms with E-state index >= 15 is 0 Å². The normalized spacial score (nSPS) is 21.4. The molecule has 0 radical (unpaired) electrons. The summed E-state index contributed by atoms with van der Waals surface area (Å²) in [6.07, 6.45) is 8.52. The Balaban J connectivity index is 1.70. The first-order valence-corrected chi connectivity index (χ1v) is 10.7. The van der Waals surface area contributed by atoms with Gasteiger partial charge in [0.15, 0.2) is 0 Å². The molecule has 1 aliphatic heterocycles. The van der Waals surface area contributed by atoms with Crippen LogP contribution in [0.15, 0.2) is 30.7 Å². The van der Waals surface area contributed by atoms with E-state index in [4.69, 9.17) is 4.98 Å². The van der Waals surface area contributed by atoms with E-state index in [9.17, 15) is 8.42 Å². The number of hydrogen-bond donors (Lipinski definition) is 0. The minimum Gasteiger partial charge on any atom is -0.265 e. The van der Waals surface area contributed by atoms with Gasteiger partial charge in [-0.15, -0.1) is 0 Å². The molecule has 0 spiro atoms. The molecule has 2 fully saturated rings. The van der Waals surface area contributed by atoms with E-state index in [0.29, 0.717) is 19.0 Å². The van der Waals surface area contributed by atoms with Gasteiger partial charge in [0, 0.05) is 49.1 Å². The van der Waals surface area contributed by atoms with E-state index in [1.807, 2.05) is 18.3 Å². The van der Waals surface area contributed by atoms with Crippen molar-refractivity contribution in [1.29, 1.82) is 0 Å². The molecule has 2 aromatic heterocycles. The SMILES string of the molecule is CC(C)S(=O)(=O)N1CC[C@H](c2nc(C3CC3)ncc2-c2ccncc2)C1. The molecular weight excluding hydrogens is 348 g/mol. The molecule has 0 bridgehead atoms. The maximum atomic E-state index is 12.5. The quantitative estimate of drug-likeness (QED) is 0.806. The van der Waals surface area contributed by atoms with E-state index in [0.717, 1.165) is 41.9 Å². The van der Waals surface area contributed by atoms with Gasteiger partial charge in [-0.05, 0) is 50.8 Å². The lowest BCUT2D eigenvalue weighted by atomic mass is 9.96. The average Bonchev–Trinajstić information content (AvgIpc) is 3.37. The highest BCUT2D eigenvalue weighted by atomic mass is 32.2. The van der Waals surface area contributed by atoms with Gasteiger partial charge in [0.1, 0.15) is 5.82 Å². The Labute approximate surface area is 154 Å². The molecule has 1 atom stereocenters. The second-order valence-electron chi connectivity index (χ2n) is 7.47. The van der Waals surface area contributed by atoms with Crippen molar-refractivity contribution in [2.24, 2.45) is 0 Å². The van der Waals surface area contributed by atoms with Crippen LogP contribution in [0.4, 0.5) is 0 Å². The summed E-state index contributed by atoms with van der Waals surface area (Å²) >= 11 is 0. The molecule has 4 rings (SSSR count). The van der Waals surface area contributed by atoms with Crippen molar-refractivity contribution in [3.05, 3.63) is 42.2 Å². The Hall–Kier alpha value is -1.86. The zero-order valence-corrected chi connectivity index (χ0v) is 16.0. The molecule has 138 valence electrons. The average molecular weight is 372 g/mol. The second kappa shape index (κ2) is 6.70. The Morgan fingerprint density at radius 3 is 2.50 bits per heavy atom. The molecular formula is C19H24N4O2S. The Kier molecular flexibility index (Phi) is 4.52. The molecule has 0 unspecified atom stereocenters. The van der Waals surface area contributed by atoms with Crippen molar-refractivity contribution >= 4 is 10.0 Å². The monoisotopic (exact) mass is 372 g/mol. The van der Waals surface area contributed by atoms with Crippen LogP contribution in [0.1, 0.15) is 56.5 Å². The lowest BCUT2D eigenvalue weighted by Gasteiger charge is -2.20. The summed E-state index contributed by atoms with van der Waals surface area (Å²) < 4.78 is 26.7. The predicted molar refractivity (Wildman–Crippen MR) is 100 cm³/mol. The summed E-state index contributed by atoms with van der Waals surface area (Å²) in [5.41, 5.74) is 3.00. The van der Waals surface area contributed by atoms with Gasteiger partial charge >= 0.3 is 0 Å². The first-order valence-electron chi connectivity index (χ1n) is 9.23. The summed E-state index contributed by atoms with van der Waals surface area (Å²) in [6, 6.07) is 3.91. The Morgan fingerprint density at radius 1 is 1.12 bits per heavy atom. The van der Waals surface area contributed by atoms with Crippen LogP contribution >= 0.6 is 0 Å². The number of aromatic nitrogens is 3. The standard InChI is InChI=1S/C19H24N4O2S/c1-13(2)26(24,25)23-10-7-16(12-23)18-17(14-5-8-20-9-6-14)11-21-19(22-18)15-3-4-15/h5-6,8-9,11,13,15-16H,3-4,7,10,12H2,1-2H3/t16-/m0/s1. The highest BCUT2D eigenvalue weighted by Gasteiger charge is 2.36. The van der Waals surface area contributed by atoms with Gasteiger partial charge in [0.25, 0.3) is 0 Å². The van der Waals surface area contributed by atoms with Crippen LogP contribution in [-0.2, 0) is 10.0 Å². The minimum absolute atomic E-state index is 0.104. The van der Waals surface area contributed by atoms with Crippen LogP contribution in [-0.4, -0.2) is 46.0 Å². The molecule has 1 aliphatic carbocycles. The molecule has 3 heterocycles. The highest BCUT2D eigenvalue weighted by Crippen LogP contribution is 2.40. The summed E-state index contributed by atoms with van der Waals surface area (Å²) in [5.74, 6) is 1.48. The highest BCUT2D eigenvalue weighted by molar-refractivity contribution is 7.89. The smallest absolute Gasteiger partial charge is 0.216 e. The van der Waals surface area contributed by atoms with Crippen LogP contribution in [0.2, 0.25) is 0 Å². The van der Waals surface area contributed by atoms with Crippen LogP contribution in [0.25, 0.3) is 11.1 Å². The topological polar surface area (TPSA) is 76.1 Å². The number of hydrogen-bond acceptors (Lipinski definition) is 5. The zero-order chi connectivity index (χ0) is 18.3. The first-order chi connectivity index (χ1) is 12.5. The van der Waals surface area contributed by atoms with Gasteiger partial charge in [0.05, 0.1) is 10.9 Å². The van der Waals surface area contributed by atoms with E-state index in [1.54, 1.807) is 30.5 Å². The van der Waals surface area contributed by atoms with Crippen molar-refractivity contribution in [3.8, 4) is 11.1 Å². The summed E-state index contributed by atoms with van der Waals surface area (Å²) in [6.45, 7) is 4.53. The summed E-state index contributed by atoms with van der Waals surface area (Å²) in [7, 11) is -3.23. The second-order valence-corrected chi connectivity index (χ2v) is 9.96. The van der Waals surface area contributed by atoms with Crippen molar-refractivity contribution in [2.45, 2.75) is 50.2 Å². The molecule has 7 heteroatoms. The van der Waals surface area contributed by atoms with Gasteiger partial charge in [-0.25, -0.2) is 22.7 Å². The van der Waals surface area contributed by atoms with Gasteiger partial charge in [0.2, 0.25) is 10.0 Å². The number of nitrogens with zero attached hydrogens (tertiary/aromatic N) is 4. The summed E-state index contributed by atoms with van der Waals surface area (Å²) in [4.78, 5) is 13.6. The largest absolute Gasteiger partial charge is 0.265 e. The fourth-order valence-electron chi connectivity index (χ4n) is 3.49. The number of rotatable bonds is 5. The van der Waals surface area contributed by atoms with Crippen LogP contribution in [0.5, 0.6) is 0 Å². The van der Waals surface area contributed by atoms with Crippen LogP contribution in [0, 0.1) is 0 Å². The molecule has 0 N–H and O–H groups in total. The maximum Gasteiger partial charge on any atom is 0.216 e. The maximum absolute atomic E-state index is 12.5. The fourth-order valence-corrected chi connectivity index (χ4v) is 4.84. The lowest BCUT2D eigenvalue weighted by molar-refractivity contribution is 0.465. The molecule has 1 saturated carbocycles. The van der Waals surface area contributed by atoms with Gasteiger partial charge in [-0.3, -0.25) is 4.98 Å². The molecule has 6 nitrogen and oxygen atoms in total. The molecule has 2 aromatic rings. The number of pyridine rings is 1. The molecule has 0 aromatic carbocycles. The molecule has 1 saturated heterocycles. The van der Waals surface area contributed by atoms with E-state index in [2.05, 4.69) is 9.97 Å². The molecule has 2 aliphatic rings. The third-order valence-corrected chi connectivity index (χ3v) is 7.51. The molecule has 26 heavy (non-hydrogen) atoms. The Morgan fingerprint density at radius 2 is 1.85 bits per heavy atom. The van der Waals surface area contributed by atoms with E-state index < -0.39 is 15.3 Å². The summed E-state index contributed by atoms with van der Waals surface area (Å²) in [5, 5.41) is -0.395. The molecule has 0 amide bonds. The third-order valence-electron chi connectivity index (χ3n) is 5.26. The van der Waals surface area contributed by atoms with Gasteiger partial charge < -0.3 is 0 Å². The minimum atomic E-state index is -3.23. The van der Waals surface area contributed by atoms with Crippen molar-refractivity contribution in [3.63, 3.8) is 0 Å². The van der Waals surface area contributed by atoms with Crippen molar-refractivity contribution in [1.82, 2.24) is 19.3 Å². The zero-order valence-electron chi connectivity index (χ0n) is 15.2. The van der Waals surface area contributed by atoms with E-state index in [-0.39, 0.29) is 5.92 Å². The van der Waals surface area contributed by atoms with Crippen LogP contribution in [0.3, 0.4) is 0 Å². The third kappa shape index (κ3) is 3.25. The van der Waals surface area contributed by atoms with Gasteiger partial charge in [-0.2, -0.15) is 0 Å². The van der Waals surface area contributed by atoms with Crippen molar-refractivity contribution in [2.75, 3.05) is 13.1 Å². The predicted octanol–water partition coefficient (Wildman–Crippen LogP) is 2.94. The number of sulfonamides is 1. The van der Waals surface area contributed by atoms with Gasteiger partial charge in [-0.1, -0.05) is 0 Å². The first kappa shape index (κ1) is 17.5.